The molecule has 0 spiro atoms. The van der Waals surface area contributed by atoms with Crippen molar-refractivity contribution in [3.8, 4) is 0 Å². The second-order valence-electron chi connectivity index (χ2n) is 5.70. The van der Waals surface area contributed by atoms with Crippen LogP contribution >= 0.6 is 0 Å². The van der Waals surface area contributed by atoms with Gasteiger partial charge in [0.1, 0.15) is 0 Å². The SMILES string of the molecule is CC(CC1CCCCN1)Nc1ccccc1S(C)(=O)=O. The molecule has 1 aromatic carbocycles. The lowest BCUT2D eigenvalue weighted by Crippen LogP contribution is -2.37. The minimum absolute atomic E-state index is 0.244. The van der Waals surface area contributed by atoms with Crippen molar-refractivity contribution in [3.05, 3.63) is 24.3 Å². The molecular weight excluding hydrogens is 272 g/mol. The monoisotopic (exact) mass is 296 g/mol. The van der Waals surface area contributed by atoms with E-state index in [4.69, 9.17) is 0 Å². The zero-order valence-corrected chi connectivity index (χ0v) is 13.0. The molecule has 20 heavy (non-hydrogen) atoms. The molecule has 1 heterocycles. The lowest BCUT2D eigenvalue weighted by molar-refractivity contribution is 0.371. The van der Waals surface area contributed by atoms with E-state index in [1.54, 1.807) is 12.1 Å². The summed E-state index contributed by atoms with van der Waals surface area (Å²) < 4.78 is 23.5. The van der Waals surface area contributed by atoms with Crippen molar-refractivity contribution in [2.75, 3.05) is 18.1 Å². The van der Waals surface area contributed by atoms with Crippen LogP contribution in [0.3, 0.4) is 0 Å². The second-order valence-corrected chi connectivity index (χ2v) is 7.68. The van der Waals surface area contributed by atoms with Crippen LogP contribution in [0, 0.1) is 0 Å². The number of piperidine rings is 1. The van der Waals surface area contributed by atoms with Crippen molar-refractivity contribution in [1.29, 1.82) is 0 Å². The van der Waals surface area contributed by atoms with Gasteiger partial charge in [0.15, 0.2) is 9.84 Å². The summed E-state index contributed by atoms with van der Waals surface area (Å²) in [5, 5.41) is 6.87. The summed E-state index contributed by atoms with van der Waals surface area (Å²) in [6.45, 7) is 3.20. The molecule has 0 amide bonds. The summed E-state index contributed by atoms with van der Waals surface area (Å²) in [7, 11) is -3.19. The van der Waals surface area contributed by atoms with Gasteiger partial charge in [0, 0.05) is 18.3 Å². The zero-order chi connectivity index (χ0) is 14.6. The summed E-state index contributed by atoms with van der Waals surface area (Å²) in [6, 6.07) is 7.90. The molecule has 0 radical (unpaired) electrons. The largest absolute Gasteiger partial charge is 0.381 e. The summed E-state index contributed by atoms with van der Waals surface area (Å²) >= 11 is 0. The lowest BCUT2D eigenvalue weighted by atomic mass is 9.99. The molecule has 0 aromatic heterocycles. The number of sulfone groups is 1. The van der Waals surface area contributed by atoms with Gasteiger partial charge >= 0.3 is 0 Å². The Hall–Kier alpha value is -1.07. The molecule has 2 rings (SSSR count). The first-order valence-electron chi connectivity index (χ1n) is 7.26. The standard InChI is InChI=1S/C15H24N2O2S/c1-12(11-13-7-5-6-10-16-13)17-14-8-3-4-9-15(14)20(2,18)19/h3-4,8-9,12-13,16-17H,5-7,10-11H2,1-2H3. The van der Waals surface area contributed by atoms with Crippen molar-refractivity contribution in [2.24, 2.45) is 0 Å². The van der Waals surface area contributed by atoms with Gasteiger partial charge in [0.25, 0.3) is 0 Å². The molecule has 0 aliphatic carbocycles. The molecular formula is C15H24N2O2S. The summed E-state index contributed by atoms with van der Waals surface area (Å²) in [6.07, 6.45) is 6.01. The maximum atomic E-state index is 11.8. The molecule has 1 aliphatic heterocycles. The predicted molar refractivity (Wildman–Crippen MR) is 82.9 cm³/mol. The fraction of sp³-hybridized carbons (Fsp3) is 0.600. The van der Waals surface area contributed by atoms with Crippen LogP contribution in [-0.4, -0.2) is 33.3 Å². The van der Waals surface area contributed by atoms with Crippen molar-refractivity contribution in [1.82, 2.24) is 5.32 Å². The van der Waals surface area contributed by atoms with E-state index in [-0.39, 0.29) is 6.04 Å². The Labute approximate surface area is 121 Å². The minimum atomic E-state index is -3.19. The van der Waals surface area contributed by atoms with Crippen molar-refractivity contribution < 1.29 is 8.42 Å². The van der Waals surface area contributed by atoms with E-state index < -0.39 is 9.84 Å². The highest BCUT2D eigenvalue weighted by molar-refractivity contribution is 7.90. The number of hydrogen-bond acceptors (Lipinski definition) is 4. The van der Waals surface area contributed by atoms with Gasteiger partial charge in [-0.05, 0) is 44.9 Å². The Balaban J connectivity index is 2.02. The van der Waals surface area contributed by atoms with Crippen LogP contribution in [0.4, 0.5) is 5.69 Å². The summed E-state index contributed by atoms with van der Waals surface area (Å²) in [5.74, 6) is 0. The van der Waals surface area contributed by atoms with Crippen LogP contribution in [0.5, 0.6) is 0 Å². The van der Waals surface area contributed by atoms with E-state index in [1.165, 1.54) is 25.5 Å². The van der Waals surface area contributed by atoms with Gasteiger partial charge in [-0.15, -0.1) is 0 Å². The lowest BCUT2D eigenvalue weighted by Gasteiger charge is -2.27. The average Bonchev–Trinajstić information content (AvgIpc) is 2.39. The van der Waals surface area contributed by atoms with E-state index in [0.717, 1.165) is 13.0 Å². The third kappa shape index (κ3) is 4.21. The average molecular weight is 296 g/mol. The smallest absolute Gasteiger partial charge is 0.177 e. The van der Waals surface area contributed by atoms with Gasteiger partial charge in [-0.3, -0.25) is 0 Å². The first-order valence-corrected chi connectivity index (χ1v) is 9.15. The molecule has 1 fully saturated rings. The Kier molecular flexibility index (Phi) is 5.05. The zero-order valence-electron chi connectivity index (χ0n) is 12.2. The molecule has 1 aliphatic rings. The fourth-order valence-corrected chi connectivity index (χ4v) is 3.64. The molecule has 0 bridgehead atoms. The van der Waals surface area contributed by atoms with Crippen LogP contribution in [0.15, 0.2) is 29.2 Å². The third-order valence-electron chi connectivity index (χ3n) is 3.74. The van der Waals surface area contributed by atoms with Gasteiger partial charge in [0.05, 0.1) is 10.6 Å². The molecule has 4 nitrogen and oxygen atoms in total. The maximum absolute atomic E-state index is 11.8. The van der Waals surface area contributed by atoms with E-state index in [0.29, 0.717) is 16.6 Å². The molecule has 112 valence electrons. The van der Waals surface area contributed by atoms with E-state index in [1.807, 2.05) is 12.1 Å². The minimum Gasteiger partial charge on any atom is -0.381 e. The highest BCUT2D eigenvalue weighted by Crippen LogP contribution is 2.22. The maximum Gasteiger partial charge on any atom is 0.177 e. The van der Waals surface area contributed by atoms with Crippen molar-refractivity contribution in [3.63, 3.8) is 0 Å². The number of rotatable bonds is 5. The van der Waals surface area contributed by atoms with Gasteiger partial charge in [-0.1, -0.05) is 18.6 Å². The highest BCUT2D eigenvalue weighted by Gasteiger charge is 2.18. The first kappa shape index (κ1) is 15.3. The van der Waals surface area contributed by atoms with Crippen molar-refractivity contribution >= 4 is 15.5 Å². The van der Waals surface area contributed by atoms with Crippen LogP contribution in [0.2, 0.25) is 0 Å². The Morgan fingerprint density at radius 2 is 2.10 bits per heavy atom. The number of anilines is 1. The van der Waals surface area contributed by atoms with Gasteiger partial charge in [-0.2, -0.15) is 0 Å². The van der Waals surface area contributed by atoms with Gasteiger partial charge in [-0.25, -0.2) is 8.42 Å². The molecule has 2 atom stereocenters. The summed E-state index contributed by atoms with van der Waals surface area (Å²) in [4.78, 5) is 0.378. The molecule has 5 heteroatoms. The number of para-hydroxylation sites is 1. The topological polar surface area (TPSA) is 58.2 Å². The molecule has 1 aromatic rings. The third-order valence-corrected chi connectivity index (χ3v) is 4.89. The van der Waals surface area contributed by atoms with Gasteiger partial charge < -0.3 is 10.6 Å². The second kappa shape index (κ2) is 6.59. The van der Waals surface area contributed by atoms with E-state index in [2.05, 4.69) is 17.6 Å². The van der Waals surface area contributed by atoms with Crippen LogP contribution < -0.4 is 10.6 Å². The molecule has 2 N–H and O–H groups in total. The Morgan fingerprint density at radius 1 is 1.35 bits per heavy atom. The highest BCUT2D eigenvalue weighted by atomic mass is 32.2. The van der Waals surface area contributed by atoms with E-state index in [9.17, 15) is 8.42 Å². The number of hydrogen-bond donors (Lipinski definition) is 2. The predicted octanol–water partition coefficient (Wildman–Crippen LogP) is 2.42. The molecule has 1 saturated heterocycles. The number of benzene rings is 1. The Morgan fingerprint density at radius 3 is 2.75 bits per heavy atom. The molecule has 0 saturated carbocycles. The fourth-order valence-electron chi connectivity index (χ4n) is 2.79. The van der Waals surface area contributed by atoms with Crippen LogP contribution in [0.25, 0.3) is 0 Å². The normalized spacial score (nSPS) is 21.4. The van der Waals surface area contributed by atoms with E-state index >= 15 is 0 Å². The number of nitrogens with one attached hydrogen (secondary N) is 2. The van der Waals surface area contributed by atoms with Crippen LogP contribution in [-0.2, 0) is 9.84 Å². The van der Waals surface area contributed by atoms with Crippen molar-refractivity contribution in [2.45, 2.75) is 49.6 Å². The quantitative estimate of drug-likeness (QED) is 0.876. The van der Waals surface area contributed by atoms with Crippen LogP contribution in [0.1, 0.15) is 32.6 Å². The first-order chi connectivity index (χ1) is 9.47. The molecule has 2 unspecified atom stereocenters. The Bertz CT molecular complexity index is 537. The van der Waals surface area contributed by atoms with Gasteiger partial charge in [0.2, 0.25) is 0 Å². The summed E-state index contributed by atoms with van der Waals surface area (Å²) in [5.41, 5.74) is 0.707.